The summed E-state index contributed by atoms with van der Waals surface area (Å²) in [5, 5.41) is 8.59. The zero-order chi connectivity index (χ0) is 26.3. The first-order valence-corrected chi connectivity index (χ1v) is 11.8. The predicted octanol–water partition coefficient (Wildman–Crippen LogP) is 4.13. The second-order valence-electron chi connectivity index (χ2n) is 9.23. The second kappa shape index (κ2) is 9.84. The van der Waals surface area contributed by atoms with E-state index >= 15 is 4.39 Å². The number of hydrogen-bond acceptors (Lipinski definition) is 7. The van der Waals surface area contributed by atoms with Gasteiger partial charge in [-0.25, -0.2) is 9.37 Å². The minimum Gasteiger partial charge on any atom is -0.486 e. The third kappa shape index (κ3) is 4.96. The Hall–Kier alpha value is -3.35. The Morgan fingerprint density at radius 3 is 2.70 bits per heavy atom. The number of hydrogen-bond donors (Lipinski definition) is 1. The molecule has 3 atom stereocenters. The zero-order valence-electron chi connectivity index (χ0n) is 20.2. The molecule has 1 fully saturated rings. The molecule has 37 heavy (non-hydrogen) atoms. The van der Waals surface area contributed by atoms with Crippen LogP contribution in [0.25, 0.3) is 28.1 Å². The summed E-state index contributed by atoms with van der Waals surface area (Å²) < 4.78 is 70.1. The fraction of sp³-hybridized carbons (Fsp3) is 0.400. The van der Waals surface area contributed by atoms with Crippen molar-refractivity contribution < 1.29 is 27.0 Å². The number of likely N-dealkylation sites (tertiary alicyclic amines) is 1. The lowest BCUT2D eigenvalue weighted by Crippen LogP contribution is -2.38. The smallest absolute Gasteiger partial charge is 0.408 e. The minimum absolute atomic E-state index is 0.0185. The van der Waals surface area contributed by atoms with Gasteiger partial charge in [-0.2, -0.15) is 13.2 Å². The van der Waals surface area contributed by atoms with Crippen LogP contribution < -0.4 is 10.5 Å². The lowest BCUT2D eigenvalue weighted by atomic mass is 10.1. The maximum atomic E-state index is 15.3. The Balaban J connectivity index is 1.61. The Labute approximate surface area is 210 Å². The number of pyridine rings is 2. The highest BCUT2D eigenvalue weighted by Crippen LogP contribution is 2.39. The molecule has 5 rings (SSSR count). The molecule has 0 spiro atoms. The van der Waals surface area contributed by atoms with Crippen molar-refractivity contribution in [3.05, 3.63) is 54.0 Å². The van der Waals surface area contributed by atoms with Crippen LogP contribution in [0.5, 0.6) is 5.75 Å². The minimum atomic E-state index is -4.54. The van der Waals surface area contributed by atoms with Crippen LogP contribution in [0.2, 0.25) is 0 Å². The van der Waals surface area contributed by atoms with Crippen LogP contribution >= 0.6 is 0 Å². The van der Waals surface area contributed by atoms with Crippen LogP contribution in [-0.4, -0.2) is 69.6 Å². The number of benzene rings is 1. The van der Waals surface area contributed by atoms with Gasteiger partial charge in [0.25, 0.3) is 0 Å². The van der Waals surface area contributed by atoms with Crippen LogP contribution in [-0.2, 0) is 4.74 Å². The predicted molar refractivity (Wildman–Crippen MR) is 129 cm³/mol. The van der Waals surface area contributed by atoms with E-state index in [1.165, 1.54) is 33.7 Å². The summed E-state index contributed by atoms with van der Waals surface area (Å²) in [6, 6.07) is 7.02. The maximum absolute atomic E-state index is 15.3. The van der Waals surface area contributed by atoms with E-state index in [2.05, 4.69) is 15.2 Å². The topological polar surface area (TPSA) is 90.8 Å². The number of ether oxygens (including phenoxy) is 2. The fourth-order valence-electron chi connectivity index (χ4n) is 4.77. The molecule has 0 bridgehead atoms. The molecule has 3 aromatic heterocycles. The standard InChI is InChI=1S/C25H26F4N6O2/c1-14(13-36-2)37-19-5-3-4-15-10-18(26)22(31-21(15)19)24-33-32-20-7-6-16(11-35(20)24)23(25(27,28)29)34-9-8-17(30)12-34/h3-7,10-11,14,17,23H,8-9,12-13,30H2,1-2H3/t14-,17+,23-/m1/s1. The molecule has 196 valence electrons. The van der Waals surface area contributed by atoms with Gasteiger partial charge in [0.15, 0.2) is 17.3 Å². The first-order chi connectivity index (χ1) is 17.7. The molecule has 0 amide bonds. The molecule has 1 saturated heterocycles. The number of alkyl halides is 3. The van der Waals surface area contributed by atoms with Crippen molar-refractivity contribution in [2.45, 2.75) is 37.7 Å². The van der Waals surface area contributed by atoms with E-state index in [1.54, 1.807) is 25.3 Å². The molecule has 0 aliphatic carbocycles. The average molecular weight is 519 g/mol. The van der Waals surface area contributed by atoms with E-state index in [0.29, 0.717) is 29.7 Å². The van der Waals surface area contributed by atoms with E-state index in [0.717, 1.165) is 0 Å². The third-order valence-corrected chi connectivity index (χ3v) is 6.38. The van der Waals surface area contributed by atoms with Gasteiger partial charge in [0.05, 0.1) is 6.61 Å². The number of nitrogens with zero attached hydrogens (tertiary/aromatic N) is 5. The van der Waals surface area contributed by atoms with Gasteiger partial charge >= 0.3 is 6.18 Å². The van der Waals surface area contributed by atoms with Gasteiger partial charge in [-0.15, -0.1) is 10.2 Å². The van der Waals surface area contributed by atoms with Crippen LogP contribution in [0.15, 0.2) is 42.6 Å². The number of para-hydroxylation sites is 1. The van der Waals surface area contributed by atoms with E-state index in [1.807, 2.05) is 6.92 Å². The highest BCUT2D eigenvalue weighted by molar-refractivity contribution is 5.86. The molecular formula is C25H26F4N6O2. The monoisotopic (exact) mass is 518 g/mol. The van der Waals surface area contributed by atoms with Gasteiger partial charge < -0.3 is 15.2 Å². The SMILES string of the molecule is COC[C@@H](C)Oc1cccc2cc(F)c(-c3nnc4ccc([C@@H](N5CC[C@H](N)C5)C(F)(F)F)cn34)nc12. The number of halogens is 4. The summed E-state index contributed by atoms with van der Waals surface area (Å²) in [4.78, 5) is 5.79. The van der Waals surface area contributed by atoms with Crippen molar-refractivity contribution in [1.29, 1.82) is 0 Å². The zero-order valence-corrected chi connectivity index (χ0v) is 20.2. The summed E-state index contributed by atoms with van der Waals surface area (Å²) in [5.74, 6) is -0.289. The van der Waals surface area contributed by atoms with Gasteiger partial charge in [-0.05, 0) is 37.1 Å². The Kier molecular flexibility index (Phi) is 6.73. The summed E-state index contributed by atoms with van der Waals surface area (Å²) >= 11 is 0. The second-order valence-corrected chi connectivity index (χ2v) is 9.23. The molecule has 8 nitrogen and oxygen atoms in total. The molecule has 0 radical (unpaired) electrons. The molecule has 2 N–H and O–H groups in total. The summed E-state index contributed by atoms with van der Waals surface area (Å²) in [6.07, 6.45) is -3.06. The van der Waals surface area contributed by atoms with Gasteiger partial charge in [0.2, 0.25) is 0 Å². The van der Waals surface area contributed by atoms with Gasteiger partial charge in [0.1, 0.15) is 29.1 Å². The number of methoxy groups -OCH3 is 1. The molecule has 1 aliphatic rings. The number of nitrogens with two attached hydrogens (primary N) is 1. The van der Waals surface area contributed by atoms with Crippen LogP contribution in [0.1, 0.15) is 24.9 Å². The average Bonchev–Trinajstić information content (AvgIpc) is 3.44. The molecule has 12 heteroatoms. The Morgan fingerprint density at radius 2 is 2.00 bits per heavy atom. The van der Waals surface area contributed by atoms with Crippen LogP contribution in [0, 0.1) is 5.82 Å². The molecule has 1 aromatic carbocycles. The van der Waals surface area contributed by atoms with E-state index in [4.69, 9.17) is 15.2 Å². The maximum Gasteiger partial charge on any atom is 0.408 e. The quantitative estimate of drug-likeness (QED) is 0.368. The number of aromatic nitrogens is 4. The van der Waals surface area contributed by atoms with Crippen molar-refractivity contribution in [2.75, 3.05) is 26.8 Å². The van der Waals surface area contributed by atoms with E-state index < -0.39 is 18.0 Å². The van der Waals surface area contributed by atoms with Gasteiger partial charge in [-0.1, -0.05) is 18.2 Å². The van der Waals surface area contributed by atoms with Gasteiger partial charge in [-0.3, -0.25) is 9.30 Å². The molecule has 4 aromatic rings. The molecule has 1 aliphatic heterocycles. The first kappa shape index (κ1) is 25.3. The number of rotatable bonds is 7. The highest BCUT2D eigenvalue weighted by atomic mass is 19.4. The Morgan fingerprint density at radius 1 is 1.19 bits per heavy atom. The summed E-state index contributed by atoms with van der Waals surface area (Å²) in [7, 11) is 1.56. The highest BCUT2D eigenvalue weighted by Gasteiger charge is 2.46. The summed E-state index contributed by atoms with van der Waals surface area (Å²) in [5.41, 5.74) is 6.35. The molecule has 0 saturated carbocycles. The summed E-state index contributed by atoms with van der Waals surface area (Å²) in [6.45, 7) is 2.51. The first-order valence-electron chi connectivity index (χ1n) is 11.8. The largest absolute Gasteiger partial charge is 0.486 e. The van der Waals surface area contributed by atoms with Crippen molar-refractivity contribution >= 4 is 16.6 Å². The normalized spacial score (nSPS) is 18.5. The van der Waals surface area contributed by atoms with E-state index in [9.17, 15) is 13.2 Å². The Bertz CT molecular complexity index is 1430. The molecular weight excluding hydrogens is 492 g/mol. The third-order valence-electron chi connectivity index (χ3n) is 6.38. The van der Waals surface area contributed by atoms with Crippen LogP contribution in [0.4, 0.5) is 17.6 Å². The molecule has 4 heterocycles. The van der Waals surface area contributed by atoms with Crippen LogP contribution in [0.3, 0.4) is 0 Å². The molecule has 0 unspecified atom stereocenters. The fourth-order valence-corrected chi connectivity index (χ4v) is 4.77. The lowest BCUT2D eigenvalue weighted by Gasteiger charge is -2.30. The van der Waals surface area contributed by atoms with Crippen molar-refractivity contribution in [1.82, 2.24) is 24.5 Å². The van der Waals surface area contributed by atoms with Crippen molar-refractivity contribution in [2.24, 2.45) is 5.73 Å². The van der Waals surface area contributed by atoms with Crippen molar-refractivity contribution in [3.8, 4) is 17.3 Å². The number of fused-ring (bicyclic) bond motifs is 2. The lowest BCUT2D eigenvalue weighted by molar-refractivity contribution is -0.183. The van der Waals surface area contributed by atoms with Crippen molar-refractivity contribution in [3.63, 3.8) is 0 Å². The van der Waals surface area contributed by atoms with Gasteiger partial charge in [0, 0.05) is 37.8 Å². The van der Waals surface area contributed by atoms with E-state index in [-0.39, 0.29) is 48.0 Å².